The Kier molecular flexibility index (Phi) is 1.83. The van der Waals surface area contributed by atoms with Crippen molar-refractivity contribution in [3.63, 3.8) is 0 Å². The van der Waals surface area contributed by atoms with Gasteiger partial charge >= 0.3 is 0 Å². The summed E-state index contributed by atoms with van der Waals surface area (Å²) in [7, 11) is 0. The highest BCUT2D eigenvalue weighted by molar-refractivity contribution is 5.90. The lowest BCUT2D eigenvalue weighted by Crippen LogP contribution is -2.09. The average molecular weight is 174 g/mol. The van der Waals surface area contributed by atoms with Gasteiger partial charge in [-0.25, -0.2) is 15.8 Å². The maximum Gasteiger partial charge on any atom is 0.151 e. The van der Waals surface area contributed by atoms with E-state index in [0.29, 0.717) is 5.82 Å². The van der Waals surface area contributed by atoms with Crippen molar-refractivity contribution < 1.29 is 0 Å². The van der Waals surface area contributed by atoms with Crippen LogP contribution in [-0.4, -0.2) is 9.97 Å². The van der Waals surface area contributed by atoms with Crippen molar-refractivity contribution in [2.24, 2.45) is 5.84 Å². The molecule has 0 radical (unpaired) electrons. The van der Waals surface area contributed by atoms with Gasteiger partial charge < -0.3 is 5.43 Å². The number of para-hydroxylation sites is 1. The maximum absolute atomic E-state index is 5.33. The summed E-state index contributed by atoms with van der Waals surface area (Å²) < 4.78 is 0. The molecule has 13 heavy (non-hydrogen) atoms. The lowest BCUT2D eigenvalue weighted by Gasteiger charge is -2.04. The van der Waals surface area contributed by atoms with E-state index in [0.717, 1.165) is 16.5 Å². The van der Waals surface area contributed by atoms with Gasteiger partial charge in [-0.05, 0) is 18.6 Å². The summed E-state index contributed by atoms with van der Waals surface area (Å²) >= 11 is 0. The van der Waals surface area contributed by atoms with E-state index in [1.807, 2.05) is 25.1 Å². The van der Waals surface area contributed by atoms with Crippen molar-refractivity contribution in [1.29, 1.82) is 0 Å². The van der Waals surface area contributed by atoms with Crippen LogP contribution >= 0.6 is 0 Å². The summed E-state index contributed by atoms with van der Waals surface area (Å²) in [5.74, 6) is 5.99. The van der Waals surface area contributed by atoms with Crippen LogP contribution in [0.4, 0.5) is 5.82 Å². The van der Waals surface area contributed by atoms with Crippen molar-refractivity contribution in [3.05, 3.63) is 30.1 Å². The number of aryl methyl sites for hydroxylation is 1. The Morgan fingerprint density at radius 2 is 2.15 bits per heavy atom. The summed E-state index contributed by atoms with van der Waals surface area (Å²) in [6.07, 6.45) is 1.50. The SMILES string of the molecule is Cc1cccc2c(NN)ncnc12. The molecule has 2 rings (SSSR count). The molecule has 1 aromatic heterocycles. The molecular formula is C9H10N4. The smallest absolute Gasteiger partial charge is 0.151 e. The summed E-state index contributed by atoms with van der Waals surface area (Å²) in [6.45, 7) is 2.01. The Hall–Kier alpha value is -1.68. The molecule has 1 heterocycles. The minimum Gasteiger partial charge on any atom is -0.308 e. The minimum absolute atomic E-state index is 0.661. The molecule has 0 saturated carbocycles. The minimum atomic E-state index is 0.661. The second-order valence-corrected chi connectivity index (χ2v) is 2.84. The summed E-state index contributed by atoms with van der Waals surface area (Å²) in [5.41, 5.74) is 4.60. The molecule has 1 aromatic carbocycles. The van der Waals surface area contributed by atoms with Gasteiger partial charge in [0, 0.05) is 5.39 Å². The van der Waals surface area contributed by atoms with Crippen LogP contribution < -0.4 is 11.3 Å². The fourth-order valence-corrected chi connectivity index (χ4v) is 1.35. The normalized spacial score (nSPS) is 10.3. The lowest BCUT2D eigenvalue weighted by atomic mass is 10.1. The number of anilines is 1. The molecule has 0 spiro atoms. The fourth-order valence-electron chi connectivity index (χ4n) is 1.35. The number of benzene rings is 1. The highest BCUT2D eigenvalue weighted by Gasteiger charge is 2.02. The Bertz CT molecular complexity index is 439. The summed E-state index contributed by atoms with van der Waals surface area (Å²) in [5, 5.41) is 0.949. The van der Waals surface area contributed by atoms with Gasteiger partial charge in [-0.15, -0.1) is 0 Å². The number of rotatable bonds is 1. The van der Waals surface area contributed by atoms with Gasteiger partial charge in [0.15, 0.2) is 5.82 Å². The number of aromatic nitrogens is 2. The molecule has 4 nitrogen and oxygen atoms in total. The van der Waals surface area contributed by atoms with E-state index in [-0.39, 0.29) is 0 Å². The van der Waals surface area contributed by atoms with Crippen molar-refractivity contribution in [2.75, 3.05) is 5.43 Å². The van der Waals surface area contributed by atoms with Crippen LogP contribution in [-0.2, 0) is 0 Å². The molecule has 0 fully saturated rings. The first-order chi connectivity index (χ1) is 6.33. The van der Waals surface area contributed by atoms with Crippen LogP contribution in [0.2, 0.25) is 0 Å². The van der Waals surface area contributed by atoms with E-state index in [1.165, 1.54) is 6.33 Å². The first-order valence-electron chi connectivity index (χ1n) is 4.00. The predicted octanol–water partition coefficient (Wildman–Crippen LogP) is 1.22. The topological polar surface area (TPSA) is 63.8 Å². The van der Waals surface area contributed by atoms with Gasteiger partial charge in [0.05, 0.1) is 5.52 Å². The molecule has 2 aromatic rings. The van der Waals surface area contributed by atoms with Gasteiger partial charge in [-0.3, -0.25) is 0 Å². The zero-order valence-corrected chi connectivity index (χ0v) is 7.28. The van der Waals surface area contributed by atoms with Gasteiger partial charge in [-0.2, -0.15) is 0 Å². The zero-order valence-electron chi connectivity index (χ0n) is 7.28. The average Bonchev–Trinajstić information content (AvgIpc) is 2.18. The first kappa shape index (κ1) is 7.94. The second kappa shape index (κ2) is 2.99. The van der Waals surface area contributed by atoms with Crippen LogP contribution in [0.15, 0.2) is 24.5 Å². The number of hydrogen-bond acceptors (Lipinski definition) is 4. The molecule has 3 N–H and O–H groups in total. The van der Waals surface area contributed by atoms with E-state index in [9.17, 15) is 0 Å². The van der Waals surface area contributed by atoms with Gasteiger partial charge in [0.1, 0.15) is 6.33 Å². The lowest BCUT2D eigenvalue weighted by molar-refractivity contribution is 1.17. The third-order valence-corrected chi connectivity index (χ3v) is 2.00. The van der Waals surface area contributed by atoms with Crippen LogP contribution in [0.3, 0.4) is 0 Å². The zero-order chi connectivity index (χ0) is 9.26. The molecule has 0 amide bonds. The Morgan fingerprint density at radius 1 is 1.31 bits per heavy atom. The first-order valence-corrected chi connectivity index (χ1v) is 4.00. The standard InChI is InChI=1S/C9H10N4/c1-6-3-2-4-7-8(6)11-5-12-9(7)13-10/h2-5H,10H2,1H3,(H,11,12,13). The molecule has 0 aliphatic rings. The van der Waals surface area contributed by atoms with Crippen molar-refractivity contribution in [3.8, 4) is 0 Å². The van der Waals surface area contributed by atoms with E-state index in [2.05, 4.69) is 15.4 Å². The highest BCUT2D eigenvalue weighted by Crippen LogP contribution is 2.20. The highest BCUT2D eigenvalue weighted by atomic mass is 15.3. The third-order valence-electron chi connectivity index (χ3n) is 2.00. The fraction of sp³-hybridized carbons (Fsp3) is 0.111. The number of fused-ring (bicyclic) bond motifs is 1. The quantitative estimate of drug-likeness (QED) is 0.504. The maximum atomic E-state index is 5.33. The van der Waals surface area contributed by atoms with E-state index in [4.69, 9.17) is 5.84 Å². The Morgan fingerprint density at radius 3 is 2.92 bits per heavy atom. The number of hydrazine groups is 1. The predicted molar refractivity (Wildman–Crippen MR) is 52.1 cm³/mol. The molecule has 0 atom stereocenters. The molecule has 0 unspecified atom stereocenters. The Labute approximate surface area is 75.8 Å². The van der Waals surface area contributed by atoms with Gasteiger partial charge in [-0.1, -0.05) is 12.1 Å². The van der Waals surface area contributed by atoms with E-state index >= 15 is 0 Å². The molecular weight excluding hydrogens is 164 g/mol. The Balaban J connectivity index is 2.84. The van der Waals surface area contributed by atoms with Gasteiger partial charge in [0.2, 0.25) is 0 Å². The number of nitrogens with zero attached hydrogens (tertiary/aromatic N) is 2. The molecule has 0 bridgehead atoms. The number of nitrogens with one attached hydrogen (secondary N) is 1. The van der Waals surface area contributed by atoms with Crippen LogP contribution in [0, 0.1) is 6.92 Å². The molecule has 0 saturated heterocycles. The monoisotopic (exact) mass is 174 g/mol. The molecule has 0 aliphatic heterocycles. The van der Waals surface area contributed by atoms with Gasteiger partial charge in [0.25, 0.3) is 0 Å². The molecule has 66 valence electrons. The van der Waals surface area contributed by atoms with E-state index in [1.54, 1.807) is 0 Å². The molecule has 4 heteroatoms. The van der Waals surface area contributed by atoms with Crippen LogP contribution in [0.1, 0.15) is 5.56 Å². The van der Waals surface area contributed by atoms with Crippen molar-refractivity contribution in [2.45, 2.75) is 6.92 Å². The van der Waals surface area contributed by atoms with E-state index < -0.39 is 0 Å². The van der Waals surface area contributed by atoms with Crippen molar-refractivity contribution >= 4 is 16.7 Å². The van der Waals surface area contributed by atoms with Crippen LogP contribution in [0.25, 0.3) is 10.9 Å². The number of nitrogens with two attached hydrogens (primary N) is 1. The number of nitrogen functional groups attached to an aromatic ring is 1. The molecule has 0 aliphatic carbocycles. The number of hydrogen-bond donors (Lipinski definition) is 2. The van der Waals surface area contributed by atoms with Crippen LogP contribution in [0.5, 0.6) is 0 Å². The summed E-state index contributed by atoms with van der Waals surface area (Å²) in [6, 6.07) is 5.91. The summed E-state index contributed by atoms with van der Waals surface area (Å²) in [4.78, 5) is 8.20. The van der Waals surface area contributed by atoms with Crippen molar-refractivity contribution in [1.82, 2.24) is 9.97 Å². The third kappa shape index (κ3) is 1.21. The second-order valence-electron chi connectivity index (χ2n) is 2.84. The largest absolute Gasteiger partial charge is 0.308 e.